The van der Waals surface area contributed by atoms with Crippen LogP contribution in [0.3, 0.4) is 0 Å². The molecule has 3 nitrogen and oxygen atoms in total. The number of carbonyl (C=O) groups excluding carboxylic acids is 1. The Labute approximate surface area is 135 Å². The molecule has 2 unspecified atom stereocenters. The first kappa shape index (κ1) is 17.2. The monoisotopic (exact) mass is 327 g/mol. The summed E-state index contributed by atoms with van der Waals surface area (Å²) in [5.41, 5.74) is 6.00. The minimum absolute atomic E-state index is 0.0580. The second kappa shape index (κ2) is 6.55. The third-order valence-electron chi connectivity index (χ3n) is 4.65. The number of unbranched alkanes of at least 4 members (excludes halogenated alkanes) is 1. The molecule has 0 bridgehead atoms. The van der Waals surface area contributed by atoms with Crippen molar-refractivity contribution in [2.45, 2.75) is 58.5 Å². The van der Waals surface area contributed by atoms with Crippen molar-refractivity contribution in [1.82, 2.24) is 0 Å². The fourth-order valence-corrected chi connectivity index (χ4v) is 3.55. The van der Waals surface area contributed by atoms with E-state index >= 15 is 0 Å². The lowest BCUT2D eigenvalue weighted by Crippen LogP contribution is -2.29. The number of benzene rings is 1. The van der Waals surface area contributed by atoms with Crippen LogP contribution in [0.15, 0.2) is 6.07 Å². The number of hydrogen-bond donors (Lipinski definition) is 2. The van der Waals surface area contributed by atoms with Gasteiger partial charge in [0.15, 0.2) is 5.78 Å². The molecule has 22 heavy (non-hydrogen) atoms. The summed E-state index contributed by atoms with van der Waals surface area (Å²) in [6.45, 7) is 3.78. The Hall–Kier alpha value is -1.13. The number of anilines is 1. The standard InChI is InChI=1S/C17H23ClFNO2/c1-3-4-6-17(7-5-10(2)21)9-12-11(16(17)22)8-13(19)15(20)14(12)18/h8,10,21H,3-7,9,20H2,1-2H3. The summed E-state index contributed by atoms with van der Waals surface area (Å²) < 4.78 is 13.8. The van der Waals surface area contributed by atoms with E-state index in [1.807, 2.05) is 0 Å². The second-order valence-corrected chi connectivity index (χ2v) is 6.77. The van der Waals surface area contributed by atoms with Gasteiger partial charge in [-0.1, -0.05) is 31.4 Å². The smallest absolute Gasteiger partial charge is 0.169 e. The van der Waals surface area contributed by atoms with Crippen molar-refractivity contribution in [3.63, 3.8) is 0 Å². The first-order valence-electron chi connectivity index (χ1n) is 7.81. The molecule has 0 fully saturated rings. The van der Waals surface area contributed by atoms with Crippen molar-refractivity contribution in [1.29, 1.82) is 0 Å². The number of aliphatic hydroxyl groups is 1. The normalized spacial score (nSPS) is 22.0. The Kier molecular flexibility index (Phi) is 5.13. The molecule has 0 amide bonds. The van der Waals surface area contributed by atoms with Crippen LogP contribution >= 0.6 is 11.6 Å². The number of nitrogen functional groups attached to an aromatic ring is 1. The number of nitrogens with two attached hydrogens (primary N) is 1. The third-order valence-corrected chi connectivity index (χ3v) is 5.08. The van der Waals surface area contributed by atoms with Crippen LogP contribution in [0.25, 0.3) is 0 Å². The fourth-order valence-electron chi connectivity index (χ4n) is 3.29. The molecule has 5 heteroatoms. The Morgan fingerprint density at radius 1 is 1.50 bits per heavy atom. The number of hydrogen-bond acceptors (Lipinski definition) is 3. The Morgan fingerprint density at radius 3 is 2.77 bits per heavy atom. The summed E-state index contributed by atoms with van der Waals surface area (Å²) in [5, 5.41) is 9.75. The van der Waals surface area contributed by atoms with Crippen molar-refractivity contribution in [2.75, 3.05) is 5.73 Å². The summed E-state index contributed by atoms with van der Waals surface area (Å²) in [6, 6.07) is 1.22. The second-order valence-electron chi connectivity index (χ2n) is 6.39. The number of carbonyl (C=O) groups is 1. The molecule has 0 heterocycles. The van der Waals surface area contributed by atoms with Crippen molar-refractivity contribution < 1.29 is 14.3 Å². The number of fused-ring (bicyclic) bond motifs is 1. The van der Waals surface area contributed by atoms with Gasteiger partial charge in [-0.25, -0.2) is 4.39 Å². The zero-order valence-electron chi connectivity index (χ0n) is 13.1. The fraction of sp³-hybridized carbons (Fsp3) is 0.588. The van der Waals surface area contributed by atoms with Crippen LogP contribution in [-0.4, -0.2) is 17.0 Å². The topological polar surface area (TPSA) is 63.3 Å². The Morgan fingerprint density at radius 2 is 2.18 bits per heavy atom. The minimum Gasteiger partial charge on any atom is -0.395 e. The van der Waals surface area contributed by atoms with Gasteiger partial charge in [0.1, 0.15) is 5.82 Å². The van der Waals surface area contributed by atoms with E-state index in [1.54, 1.807) is 6.92 Å². The highest BCUT2D eigenvalue weighted by molar-refractivity contribution is 6.34. The number of Topliss-reactive ketones (excluding diaryl/α,β-unsaturated/α-hetero) is 1. The molecule has 2 atom stereocenters. The summed E-state index contributed by atoms with van der Waals surface area (Å²) in [4.78, 5) is 12.9. The predicted octanol–water partition coefficient (Wildman–Crippen LogP) is 4.14. The van der Waals surface area contributed by atoms with Gasteiger partial charge < -0.3 is 10.8 Å². The zero-order valence-corrected chi connectivity index (χ0v) is 13.8. The van der Waals surface area contributed by atoms with Crippen molar-refractivity contribution in [3.8, 4) is 0 Å². The number of ketones is 1. The van der Waals surface area contributed by atoms with E-state index in [0.717, 1.165) is 19.3 Å². The maximum atomic E-state index is 13.8. The molecule has 0 saturated heterocycles. The van der Waals surface area contributed by atoms with Gasteiger partial charge in [-0.2, -0.15) is 0 Å². The van der Waals surface area contributed by atoms with Crippen LogP contribution in [0, 0.1) is 11.2 Å². The van der Waals surface area contributed by atoms with Gasteiger partial charge in [-0.3, -0.25) is 4.79 Å². The van der Waals surface area contributed by atoms with E-state index < -0.39 is 17.3 Å². The zero-order chi connectivity index (χ0) is 16.5. The molecule has 1 aliphatic rings. The first-order valence-corrected chi connectivity index (χ1v) is 8.19. The molecule has 0 saturated carbocycles. The lowest BCUT2D eigenvalue weighted by atomic mass is 9.75. The van der Waals surface area contributed by atoms with Crippen LogP contribution in [0.4, 0.5) is 10.1 Å². The molecule has 0 radical (unpaired) electrons. The van der Waals surface area contributed by atoms with Gasteiger partial charge in [0.2, 0.25) is 0 Å². The molecule has 122 valence electrons. The summed E-state index contributed by atoms with van der Waals surface area (Å²) in [5.74, 6) is -0.698. The summed E-state index contributed by atoms with van der Waals surface area (Å²) >= 11 is 6.17. The highest BCUT2D eigenvalue weighted by Gasteiger charge is 2.46. The quantitative estimate of drug-likeness (QED) is 0.772. The Balaban J connectivity index is 2.41. The van der Waals surface area contributed by atoms with E-state index in [4.69, 9.17) is 17.3 Å². The molecular weight excluding hydrogens is 305 g/mol. The van der Waals surface area contributed by atoms with Crippen LogP contribution < -0.4 is 5.73 Å². The first-order chi connectivity index (χ1) is 10.3. The van der Waals surface area contributed by atoms with E-state index in [9.17, 15) is 14.3 Å². The van der Waals surface area contributed by atoms with Gasteiger partial charge in [0, 0.05) is 11.0 Å². The average molecular weight is 328 g/mol. The highest BCUT2D eigenvalue weighted by atomic mass is 35.5. The summed E-state index contributed by atoms with van der Waals surface area (Å²) in [7, 11) is 0. The average Bonchev–Trinajstić information content (AvgIpc) is 2.75. The lowest BCUT2D eigenvalue weighted by molar-refractivity contribution is 0.0743. The molecule has 3 N–H and O–H groups in total. The minimum atomic E-state index is -0.640. The van der Waals surface area contributed by atoms with Crippen molar-refractivity contribution in [2.24, 2.45) is 5.41 Å². The van der Waals surface area contributed by atoms with Gasteiger partial charge in [0.05, 0.1) is 16.8 Å². The number of halogens is 2. The SMILES string of the molecule is CCCCC1(CCC(C)O)Cc2c(cc(F)c(N)c2Cl)C1=O. The van der Waals surface area contributed by atoms with Gasteiger partial charge in [-0.05, 0) is 44.2 Å². The maximum absolute atomic E-state index is 13.8. The van der Waals surface area contributed by atoms with Gasteiger partial charge in [0.25, 0.3) is 0 Å². The molecule has 1 aromatic carbocycles. The molecule has 0 spiro atoms. The maximum Gasteiger partial charge on any atom is 0.169 e. The molecule has 2 rings (SSSR count). The van der Waals surface area contributed by atoms with Crippen LogP contribution in [0.1, 0.15) is 61.9 Å². The van der Waals surface area contributed by atoms with E-state index in [1.165, 1.54) is 6.07 Å². The molecule has 1 aliphatic carbocycles. The number of rotatable bonds is 6. The van der Waals surface area contributed by atoms with Crippen molar-refractivity contribution in [3.05, 3.63) is 28.0 Å². The molecule has 0 aliphatic heterocycles. The third kappa shape index (κ3) is 2.99. The molecule has 0 aromatic heterocycles. The summed E-state index contributed by atoms with van der Waals surface area (Å²) in [6.07, 6.45) is 3.75. The van der Waals surface area contributed by atoms with E-state index in [2.05, 4.69) is 6.92 Å². The predicted molar refractivity (Wildman–Crippen MR) is 86.7 cm³/mol. The molecular formula is C17H23ClFNO2. The molecule has 1 aromatic rings. The van der Waals surface area contributed by atoms with Crippen LogP contribution in [0.5, 0.6) is 0 Å². The van der Waals surface area contributed by atoms with Crippen LogP contribution in [0.2, 0.25) is 5.02 Å². The van der Waals surface area contributed by atoms with E-state index in [0.29, 0.717) is 30.4 Å². The van der Waals surface area contributed by atoms with Crippen molar-refractivity contribution >= 4 is 23.1 Å². The van der Waals surface area contributed by atoms with Gasteiger partial charge >= 0.3 is 0 Å². The Bertz CT molecular complexity index is 589. The highest BCUT2D eigenvalue weighted by Crippen LogP contribution is 2.48. The lowest BCUT2D eigenvalue weighted by Gasteiger charge is -2.28. The number of aliphatic hydroxyl groups excluding tert-OH is 1. The van der Waals surface area contributed by atoms with E-state index in [-0.39, 0.29) is 16.5 Å². The largest absolute Gasteiger partial charge is 0.395 e. The van der Waals surface area contributed by atoms with Crippen LogP contribution in [-0.2, 0) is 6.42 Å². The van der Waals surface area contributed by atoms with Gasteiger partial charge in [-0.15, -0.1) is 0 Å².